The Hall–Kier alpha value is -0.900. The van der Waals surface area contributed by atoms with Gasteiger partial charge >= 0.3 is 0 Å². The molecule has 0 radical (unpaired) electrons. The number of carbonyl (C=O) groups excluding carboxylic acids is 1. The van der Waals surface area contributed by atoms with E-state index in [1.807, 2.05) is 0 Å². The predicted octanol–water partition coefficient (Wildman–Crippen LogP) is 4.99. The molecule has 0 saturated heterocycles. The highest BCUT2D eigenvalue weighted by Crippen LogP contribution is 2.26. The van der Waals surface area contributed by atoms with E-state index in [0.29, 0.717) is 22.5 Å². The molecule has 1 atom stereocenters. The van der Waals surface area contributed by atoms with E-state index in [9.17, 15) is 9.18 Å². The Morgan fingerprint density at radius 3 is 2.58 bits per heavy atom. The van der Waals surface area contributed by atoms with Crippen molar-refractivity contribution in [1.29, 1.82) is 0 Å². The van der Waals surface area contributed by atoms with Crippen LogP contribution in [0, 0.1) is 17.2 Å². The van der Waals surface area contributed by atoms with Crippen LogP contribution in [-0.4, -0.2) is 5.91 Å². The highest BCUT2D eigenvalue weighted by atomic mass is 79.9. The van der Waals surface area contributed by atoms with E-state index in [1.54, 1.807) is 12.1 Å². The number of hydrogen-bond donors (Lipinski definition) is 1. The number of benzene rings is 1. The predicted molar refractivity (Wildman–Crippen MR) is 80.6 cm³/mol. The molecule has 0 fully saturated rings. The molecule has 4 heteroatoms. The van der Waals surface area contributed by atoms with Gasteiger partial charge < -0.3 is 5.32 Å². The highest BCUT2D eigenvalue weighted by molar-refractivity contribution is 9.10. The highest BCUT2D eigenvalue weighted by Gasteiger charge is 2.17. The maximum absolute atomic E-state index is 13.3. The Morgan fingerprint density at radius 1 is 1.42 bits per heavy atom. The lowest BCUT2D eigenvalue weighted by molar-refractivity contribution is -0.117. The first-order chi connectivity index (χ1) is 8.67. The second kappa shape index (κ2) is 6.51. The molecule has 1 aromatic carbocycles. The molecule has 0 aliphatic heterocycles. The molecular weight excluding hydrogens is 309 g/mol. The van der Waals surface area contributed by atoms with E-state index >= 15 is 0 Å². The monoisotopic (exact) mass is 329 g/mol. The van der Waals surface area contributed by atoms with Gasteiger partial charge in [-0.3, -0.25) is 4.79 Å². The Kier molecular flexibility index (Phi) is 5.53. The van der Waals surface area contributed by atoms with Crippen molar-refractivity contribution >= 4 is 27.5 Å². The third-order valence-electron chi connectivity index (χ3n) is 2.70. The molecule has 0 bridgehead atoms. The molecular formula is C15H21BrFNO. The largest absolute Gasteiger partial charge is 0.326 e. The zero-order chi connectivity index (χ0) is 14.6. The molecule has 1 aromatic rings. The van der Waals surface area contributed by atoms with E-state index in [-0.39, 0.29) is 17.1 Å². The SMILES string of the molecule is CC(CC(=O)Nc1ccc(Br)c(F)c1)CC(C)(C)C. The Balaban J connectivity index is 2.53. The van der Waals surface area contributed by atoms with Gasteiger partial charge in [-0.05, 0) is 51.9 Å². The number of rotatable bonds is 4. The third kappa shape index (κ3) is 6.19. The smallest absolute Gasteiger partial charge is 0.224 e. The number of halogens is 2. The second-order valence-corrected chi connectivity index (χ2v) is 7.11. The fraction of sp³-hybridized carbons (Fsp3) is 0.533. The molecule has 2 nitrogen and oxygen atoms in total. The lowest BCUT2D eigenvalue weighted by Gasteiger charge is -2.22. The van der Waals surface area contributed by atoms with Crippen molar-refractivity contribution in [3.8, 4) is 0 Å². The van der Waals surface area contributed by atoms with Crippen molar-refractivity contribution in [2.24, 2.45) is 11.3 Å². The van der Waals surface area contributed by atoms with Gasteiger partial charge in [0, 0.05) is 12.1 Å². The summed E-state index contributed by atoms with van der Waals surface area (Å²) in [6.45, 7) is 8.54. The van der Waals surface area contributed by atoms with Crippen LogP contribution < -0.4 is 5.32 Å². The van der Waals surface area contributed by atoms with Gasteiger partial charge in [-0.1, -0.05) is 27.7 Å². The average molecular weight is 330 g/mol. The van der Waals surface area contributed by atoms with E-state index in [2.05, 4.69) is 48.9 Å². The summed E-state index contributed by atoms with van der Waals surface area (Å²) < 4.78 is 13.7. The number of amides is 1. The summed E-state index contributed by atoms with van der Waals surface area (Å²) in [5, 5.41) is 2.73. The molecule has 0 aliphatic carbocycles. The van der Waals surface area contributed by atoms with Gasteiger partial charge in [0.15, 0.2) is 0 Å². The number of carbonyl (C=O) groups is 1. The summed E-state index contributed by atoms with van der Waals surface area (Å²) in [6.07, 6.45) is 1.43. The van der Waals surface area contributed by atoms with Gasteiger partial charge in [0.1, 0.15) is 5.82 Å². The molecule has 1 unspecified atom stereocenters. The van der Waals surface area contributed by atoms with Crippen molar-refractivity contribution in [3.05, 3.63) is 28.5 Å². The van der Waals surface area contributed by atoms with Crippen molar-refractivity contribution < 1.29 is 9.18 Å². The molecule has 0 saturated carbocycles. The van der Waals surface area contributed by atoms with Crippen LogP contribution in [0.5, 0.6) is 0 Å². The minimum Gasteiger partial charge on any atom is -0.326 e. The van der Waals surface area contributed by atoms with Crippen LogP contribution in [0.1, 0.15) is 40.5 Å². The van der Waals surface area contributed by atoms with Crippen LogP contribution in [0.3, 0.4) is 0 Å². The first-order valence-corrected chi connectivity index (χ1v) is 7.21. The minimum atomic E-state index is -0.375. The van der Waals surface area contributed by atoms with Crippen LogP contribution in [0.4, 0.5) is 10.1 Å². The van der Waals surface area contributed by atoms with Crippen LogP contribution in [0.2, 0.25) is 0 Å². The van der Waals surface area contributed by atoms with Gasteiger partial charge in [0.05, 0.1) is 4.47 Å². The number of nitrogens with one attached hydrogen (secondary N) is 1. The van der Waals surface area contributed by atoms with Gasteiger partial charge in [-0.15, -0.1) is 0 Å². The molecule has 0 aliphatic rings. The quantitative estimate of drug-likeness (QED) is 0.828. The minimum absolute atomic E-state index is 0.0709. The molecule has 0 spiro atoms. The molecule has 0 heterocycles. The number of anilines is 1. The molecule has 1 amide bonds. The van der Waals surface area contributed by atoms with Crippen LogP contribution in [-0.2, 0) is 4.79 Å². The fourth-order valence-corrected chi connectivity index (χ4v) is 2.47. The van der Waals surface area contributed by atoms with Gasteiger partial charge in [0.2, 0.25) is 5.91 Å². The van der Waals surface area contributed by atoms with E-state index in [1.165, 1.54) is 6.07 Å². The Bertz CT molecular complexity index is 454. The summed E-state index contributed by atoms with van der Waals surface area (Å²) in [5.41, 5.74) is 0.706. The molecule has 0 aromatic heterocycles. The summed E-state index contributed by atoms with van der Waals surface area (Å²) in [4.78, 5) is 11.9. The van der Waals surface area contributed by atoms with Gasteiger partial charge in [-0.25, -0.2) is 4.39 Å². The summed E-state index contributed by atoms with van der Waals surface area (Å²) in [5.74, 6) is -0.140. The average Bonchev–Trinajstić information content (AvgIpc) is 2.20. The lowest BCUT2D eigenvalue weighted by Crippen LogP contribution is -2.18. The Labute approximate surface area is 122 Å². The standard InChI is InChI=1S/C15H21BrFNO/c1-10(9-15(2,3)4)7-14(19)18-11-5-6-12(16)13(17)8-11/h5-6,8,10H,7,9H2,1-4H3,(H,18,19). The first-order valence-electron chi connectivity index (χ1n) is 6.42. The van der Waals surface area contributed by atoms with Crippen LogP contribution in [0.15, 0.2) is 22.7 Å². The Morgan fingerprint density at radius 2 is 2.05 bits per heavy atom. The summed E-state index contributed by atoms with van der Waals surface area (Å²) in [7, 11) is 0. The van der Waals surface area contributed by atoms with Gasteiger partial charge in [-0.2, -0.15) is 0 Å². The van der Waals surface area contributed by atoms with E-state index < -0.39 is 0 Å². The molecule has 1 N–H and O–H groups in total. The molecule has 106 valence electrons. The van der Waals surface area contributed by atoms with Crippen LogP contribution >= 0.6 is 15.9 Å². The first kappa shape index (κ1) is 16.2. The molecule has 1 rings (SSSR count). The van der Waals surface area contributed by atoms with Crippen molar-refractivity contribution in [2.45, 2.75) is 40.5 Å². The molecule has 19 heavy (non-hydrogen) atoms. The van der Waals surface area contributed by atoms with Crippen LogP contribution in [0.25, 0.3) is 0 Å². The third-order valence-corrected chi connectivity index (χ3v) is 3.34. The second-order valence-electron chi connectivity index (χ2n) is 6.25. The normalized spacial score (nSPS) is 13.2. The number of hydrogen-bond acceptors (Lipinski definition) is 1. The zero-order valence-electron chi connectivity index (χ0n) is 11.9. The maximum Gasteiger partial charge on any atom is 0.224 e. The topological polar surface area (TPSA) is 29.1 Å². The lowest BCUT2D eigenvalue weighted by atomic mass is 9.84. The maximum atomic E-state index is 13.3. The summed E-state index contributed by atoms with van der Waals surface area (Å²) >= 11 is 3.08. The summed E-state index contributed by atoms with van der Waals surface area (Å²) in [6, 6.07) is 4.58. The van der Waals surface area contributed by atoms with E-state index in [0.717, 1.165) is 6.42 Å². The fourth-order valence-electron chi connectivity index (χ4n) is 2.22. The van der Waals surface area contributed by atoms with Crippen molar-refractivity contribution in [2.75, 3.05) is 5.32 Å². The van der Waals surface area contributed by atoms with Gasteiger partial charge in [0.25, 0.3) is 0 Å². The van der Waals surface area contributed by atoms with E-state index in [4.69, 9.17) is 0 Å². The van der Waals surface area contributed by atoms with Crippen molar-refractivity contribution in [1.82, 2.24) is 0 Å². The zero-order valence-corrected chi connectivity index (χ0v) is 13.5. The van der Waals surface area contributed by atoms with Crippen molar-refractivity contribution in [3.63, 3.8) is 0 Å².